The number of hydrogen-bond donors (Lipinski definition) is 1. The van der Waals surface area contributed by atoms with Crippen LogP contribution in [0.5, 0.6) is 0 Å². The predicted molar refractivity (Wildman–Crippen MR) is 79.1 cm³/mol. The molecule has 1 heterocycles. The molecule has 0 aliphatic carbocycles. The van der Waals surface area contributed by atoms with Gasteiger partial charge in [-0.1, -0.05) is 29.8 Å². The number of ether oxygens (including phenoxy) is 1. The predicted octanol–water partition coefficient (Wildman–Crippen LogP) is 2.88. The van der Waals surface area contributed by atoms with Crippen LogP contribution in [0.15, 0.2) is 24.4 Å². The fourth-order valence-corrected chi connectivity index (χ4v) is 2.34. The molecule has 2 rings (SSSR count). The molecule has 20 heavy (non-hydrogen) atoms. The van der Waals surface area contributed by atoms with Gasteiger partial charge in [0.2, 0.25) is 0 Å². The van der Waals surface area contributed by atoms with Gasteiger partial charge in [-0.25, -0.2) is 0 Å². The van der Waals surface area contributed by atoms with Gasteiger partial charge in [0.15, 0.2) is 0 Å². The maximum Gasteiger partial charge on any atom is 0.122 e. The number of hydrogen-bond acceptors (Lipinski definition) is 3. The van der Waals surface area contributed by atoms with Crippen LogP contribution < -0.4 is 0 Å². The topological polar surface area (TPSA) is 47.3 Å². The van der Waals surface area contributed by atoms with E-state index in [0.717, 1.165) is 11.1 Å². The SMILES string of the molecule is COCCn1ncc(Cl)c1C(O)c1ccc(C)c(C)c1. The van der Waals surface area contributed by atoms with Crippen LogP contribution in [0.2, 0.25) is 5.02 Å². The maximum atomic E-state index is 10.6. The third-order valence-electron chi connectivity index (χ3n) is 3.45. The summed E-state index contributed by atoms with van der Waals surface area (Å²) < 4.78 is 6.73. The summed E-state index contributed by atoms with van der Waals surface area (Å²) >= 11 is 6.16. The molecule has 1 N–H and O–H groups in total. The molecule has 0 bridgehead atoms. The fourth-order valence-electron chi connectivity index (χ4n) is 2.09. The smallest absolute Gasteiger partial charge is 0.122 e. The highest BCUT2D eigenvalue weighted by molar-refractivity contribution is 6.31. The van der Waals surface area contributed by atoms with Crippen LogP contribution in [0, 0.1) is 13.8 Å². The first-order valence-corrected chi connectivity index (χ1v) is 6.87. The molecule has 1 aromatic carbocycles. The van der Waals surface area contributed by atoms with Gasteiger partial charge in [-0.05, 0) is 30.5 Å². The maximum absolute atomic E-state index is 10.6. The van der Waals surface area contributed by atoms with E-state index in [0.29, 0.717) is 23.9 Å². The van der Waals surface area contributed by atoms with Crippen molar-refractivity contribution >= 4 is 11.6 Å². The molecule has 2 aromatic rings. The monoisotopic (exact) mass is 294 g/mol. The second-order valence-corrected chi connectivity index (χ2v) is 5.25. The Bertz CT molecular complexity index is 596. The number of aromatic nitrogens is 2. The van der Waals surface area contributed by atoms with Gasteiger partial charge in [-0.15, -0.1) is 0 Å². The Kier molecular flexibility index (Phi) is 4.81. The lowest BCUT2D eigenvalue weighted by Gasteiger charge is -2.15. The van der Waals surface area contributed by atoms with Crippen LogP contribution in [0.4, 0.5) is 0 Å². The minimum Gasteiger partial charge on any atom is -0.383 e. The lowest BCUT2D eigenvalue weighted by atomic mass is 10.0. The lowest BCUT2D eigenvalue weighted by molar-refractivity contribution is 0.171. The van der Waals surface area contributed by atoms with E-state index in [4.69, 9.17) is 16.3 Å². The molecule has 1 unspecified atom stereocenters. The molecule has 108 valence electrons. The summed E-state index contributed by atoms with van der Waals surface area (Å²) in [7, 11) is 1.63. The zero-order valence-electron chi connectivity index (χ0n) is 11.9. The average Bonchev–Trinajstić information content (AvgIpc) is 2.80. The Morgan fingerprint density at radius 1 is 1.35 bits per heavy atom. The Labute approximate surface area is 123 Å². The quantitative estimate of drug-likeness (QED) is 0.922. The number of aliphatic hydroxyl groups excluding tert-OH is 1. The lowest BCUT2D eigenvalue weighted by Crippen LogP contribution is -2.13. The van der Waals surface area contributed by atoms with Crippen molar-refractivity contribution in [2.24, 2.45) is 0 Å². The van der Waals surface area contributed by atoms with Crippen LogP contribution in [-0.4, -0.2) is 28.6 Å². The number of halogens is 1. The van der Waals surface area contributed by atoms with Gasteiger partial charge >= 0.3 is 0 Å². The molecule has 4 nitrogen and oxygen atoms in total. The Hall–Kier alpha value is -1.36. The molecule has 0 amide bonds. The first-order valence-electron chi connectivity index (χ1n) is 6.50. The van der Waals surface area contributed by atoms with E-state index in [9.17, 15) is 5.11 Å². The van der Waals surface area contributed by atoms with Crippen LogP contribution in [0.3, 0.4) is 0 Å². The van der Waals surface area contributed by atoms with Gasteiger partial charge < -0.3 is 9.84 Å². The number of aryl methyl sites for hydroxylation is 2. The number of rotatable bonds is 5. The zero-order valence-corrected chi connectivity index (χ0v) is 12.7. The molecular formula is C15H19ClN2O2. The molecule has 0 aliphatic heterocycles. The van der Waals surface area contributed by atoms with E-state index in [1.54, 1.807) is 18.0 Å². The molecule has 0 saturated carbocycles. The van der Waals surface area contributed by atoms with Crippen LogP contribution in [0.25, 0.3) is 0 Å². The zero-order chi connectivity index (χ0) is 14.7. The van der Waals surface area contributed by atoms with Crippen molar-refractivity contribution < 1.29 is 9.84 Å². The second kappa shape index (κ2) is 6.39. The highest BCUT2D eigenvalue weighted by atomic mass is 35.5. The Morgan fingerprint density at radius 2 is 2.10 bits per heavy atom. The summed E-state index contributed by atoms with van der Waals surface area (Å²) in [5.41, 5.74) is 3.75. The highest BCUT2D eigenvalue weighted by Crippen LogP contribution is 2.29. The molecule has 1 aromatic heterocycles. The summed E-state index contributed by atoms with van der Waals surface area (Å²) in [6.07, 6.45) is 0.762. The Balaban J connectivity index is 2.34. The molecule has 0 saturated heterocycles. The molecule has 0 fully saturated rings. The molecular weight excluding hydrogens is 276 g/mol. The minimum absolute atomic E-state index is 0.465. The van der Waals surface area contributed by atoms with Crippen LogP contribution in [0.1, 0.15) is 28.5 Å². The van der Waals surface area contributed by atoms with Crippen molar-refractivity contribution in [1.82, 2.24) is 9.78 Å². The van der Waals surface area contributed by atoms with Gasteiger partial charge in [0.05, 0.1) is 30.1 Å². The fraction of sp³-hybridized carbons (Fsp3) is 0.400. The van der Waals surface area contributed by atoms with E-state index in [1.807, 2.05) is 32.0 Å². The van der Waals surface area contributed by atoms with Gasteiger partial charge in [0.25, 0.3) is 0 Å². The van der Waals surface area contributed by atoms with Crippen molar-refractivity contribution in [2.75, 3.05) is 13.7 Å². The summed E-state index contributed by atoms with van der Waals surface area (Å²) in [6.45, 7) is 5.14. The number of aliphatic hydroxyl groups is 1. The number of methoxy groups -OCH3 is 1. The summed E-state index contributed by atoms with van der Waals surface area (Å²) in [5.74, 6) is 0. The Morgan fingerprint density at radius 3 is 2.75 bits per heavy atom. The molecule has 1 atom stereocenters. The van der Waals surface area contributed by atoms with Crippen LogP contribution >= 0.6 is 11.6 Å². The molecule has 0 spiro atoms. The number of nitrogens with zero attached hydrogens (tertiary/aromatic N) is 2. The third kappa shape index (κ3) is 3.03. The largest absolute Gasteiger partial charge is 0.383 e. The summed E-state index contributed by atoms with van der Waals surface area (Å²) in [5, 5.41) is 15.2. The first kappa shape index (κ1) is 15.0. The van der Waals surface area contributed by atoms with Crippen molar-refractivity contribution in [1.29, 1.82) is 0 Å². The first-order chi connectivity index (χ1) is 9.54. The van der Waals surface area contributed by atoms with Crippen molar-refractivity contribution in [3.63, 3.8) is 0 Å². The van der Waals surface area contributed by atoms with Gasteiger partial charge in [0.1, 0.15) is 6.10 Å². The van der Waals surface area contributed by atoms with E-state index in [2.05, 4.69) is 5.10 Å². The molecule has 0 aliphatic rings. The highest BCUT2D eigenvalue weighted by Gasteiger charge is 2.20. The van der Waals surface area contributed by atoms with E-state index in [-0.39, 0.29) is 0 Å². The number of benzene rings is 1. The average molecular weight is 295 g/mol. The summed E-state index contributed by atoms with van der Waals surface area (Å²) in [6, 6.07) is 5.89. The second-order valence-electron chi connectivity index (χ2n) is 4.84. The molecule has 0 radical (unpaired) electrons. The normalized spacial score (nSPS) is 12.7. The van der Waals surface area contributed by atoms with Gasteiger partial charge in [-0.2, -0.15) is 5.10 Å². The summed E-state index contributed by atoms with van der Waals surface area (Å²) in [4.78, 5) is 0. The van der Waals surface area contributed by atoms with E-state index < -0.39 is 6.10 Å². The standard InChI is InChI=1S/C15H19ClN2O2/c1-10-4-5-12(8-11(10)2)15(19)14-13(16)9-17-18(14)6-7-20-3/h4-5,8-9,15,19H,6-7H2,1-3H3. The minimum atomic E-state index is -0.791. The van der Waals surface area contributed by atoms with Gasteiger partial charge in [0, 0.05) is 7.11 Å². The van der Waals surface area contributed by atoms with Crippen molar-refractivity contribution in [2.45, 2.75) is 26.5 Å². The van der Waals surface area contributed by atoms with Gasteiger partial charge in [-0.3, -0.25) is 4.68 Å². The van der Waals surface area contributed by atoms with Crippen LogP contribution in [-0.2, 0) is 11.3 Å². The van der Waals surface area contributed by atoms with E-state index in [1.165, 1.54) is 5.56 Å². The molecule has 5 heteroatoms. The van der Waals surface area contributed by atoms with Crippen molar-refractivity contribution in [3.05, 3.63) is 51.8 Å². The third-order valence-corrected chi connectivity index (χ3v) is 3.74. The van der Waals surface area contributed by atoms with E-state index >= 15 is 0 Å². The van der Waals surface area contributed by atoms with Crippen molar-refractivity contribution in [3.8, 4) is 0 Å².